The molecule has 2 aromatic rings. The van der Waals surface area contributed by atoms with E-state index in [-0.39, 0.29) is 25.0 Å². The fraction of sp³-hybridized carbons (Fsp3) is 0.429. The molecule has 1 N–H and O–H groups in total. The Morgan fingerprint density at radius 2 is 1.77 bits per heavy atom. The fourth-order valence-corrected chi connectivity index (χ4v) is 4.70. The van der Waals surface area contributed by atoms with Crippen molar-refractivity contribution in [2.24, 2.45) is 0 Å². The summed E-state index contributed by atoms with van der Waals surface area (Å²) in [4.78, 5) is 53.7. The summed E-state index contributed by atoms with van der Waals surface area (Å²) < 4.78 is 25.6. The smallest absolute Gasteiger partial charge is 0.338 e. The molecule has 0 bridgehead atoms. The standard InChI is InChI=1S/C28H33FN4O6/c1-18(34)30-16-22-15-23(28(37)39-22)20-6-9-25(24(29)14-20)32-10-12-33(13-11-32)26(35)17-38-27(36)19-4-7-21(8-5-19)31(2)3/h4-9,14,22-23H,10-13,15-17H2,1-3H3,(H,30,34)/t22?,23-/m1/s1. The van der Waals surface area contributed by atoms with Crippen molar-refractivity contribution in [2.75, 3.05) is 63.2 Å². The molecule has 11 heteroatoms. The highest BCUT2D eigenvalue weighted by Crippen LogP contribution is 2.33. The summed E-state index contributed by atoms with van der Waals surface area (Å²) in [6, 6.07) is 11.6. The molecule has 4 rings (SSSR count). The Bertz CT molecular complexity index is 1230. The molecule has 2 aliphatic rings. The monoisotopic (exact) mass is 540 g/mol. The molecular weight excluding hydrogens is 507 g/mol. The molecule has 0 saturated carbocycles. The second-order valence-electron chi connectivity index (χ2n) is 9.88. The third-order valence-corrected chi connectivity index (χ3v) is 6.94. The predicted molar refractivity (Wildman–Crippen MR) is 142 cm³/mol. The van der Waals surface area contributed by atoms with Crippen LogP contribution in [0.2, 0.25) is 0 Å². The number of esters is 2. The summed E-state index contributed by atoms with van der Waals surface area (Å²) in [6.07, 6.45) is -0.0763. The zero-order valence-electron chi connectivity index (χ0n) is 22.3. The maximum absolute atomic E-state index is 15.1. The maximum Gasteiger partial charge on any atom is 0.338 e. The van der Waals surface area contributed by atoms with Gasteiger partial charge >= 0.3 is 11.9 Å². The lowest BCUT2D eigenvalue weighted by Gasteiger charge is -2.36. The highest BCUT2D eigenvalue weighted by molar-refractivity contribution is 5.91. The molecule has 0 spiro atoms. The second kappa shape index (κ2) is 12.1. The van der Waals surface area contributed by atoms with Crippen LogP contribution in [0.4, 0.5) is 15.8 Å². The lowest BCUT2D eigenvalue weighted by Crippen LogP contribution is -2.50. The Balaban J connectivity index is 1.26. The van der Waals surface area contributed by atoms with E-state index in [4.69, 9.17) is 9.47 Å². The van der Waals surface area contributed by atoms with Gasteiger partial charge in [-0.2, -0.15) is 0 Å². The normalized spacial score (nSPS) is 18.9. The number of hydrogen-bond donors (Lipinski definition) is 1. The number of carbonyl (C=O) groups is 4. The van der Waals surface area contributed by atoms with Crippen molar-refractivity contribution in [1.29, 1.82) is 0 Å². The minimum absolute atomic E-state index is 0.210. The van der Waals surface area contributed by atoms with Crippen molar-refractivity contribution < 1.29 is 33.0 Å². The number of ether oxygens (including phenoxy) is 2. The molecule has 208 valence electrons. The van der Waals surface area contributed by atoms with Crippen LogP contribution in [-0.2, 0) is 23.9 Å². The van der Waals surface area contributed by atoms with Crippen molar-refractivity contribution in [2.45, 2.75) is 25.4 Å². The molecule has 10 nitrogen and oxygen atoms in total. The van der Waals surface area contributed by atoms with Gasteiger partial charge in [-0.25, -0.2) is 9.18 Å². The third kappa shape index (κ3) is 6.84. The number of halogens is 1. The van der Waals surface area contributed by atoms with Gasteiger partial charge in [-0.3, -0.25) is 14.4 Å². The minimum atomic E-state index is -0.588. The number of benzene rings is 2. The van der Waals surface area contributed by atoms with Crippen molar-refractivity contribution in [1.82, 2.24) is 10.2 Å². The molecular formula is C28H33FN4O6. The van der Waals surface area contributed by atoms with Gasteiger partial charge in [0, 0.05) is 59.3 Å². The van der Waals surface area contributed by atoms with Crippen LogP contribution in [0.5, 0.6) is 0 Å². The van der Waals surface area contributed by atoms with Gasteiger partial charge in [-0.1, -0.05) is 6.07 Å². The lowest BCUT2D eigenvalue weighted by atomic mass is 9.95. The van der Waals surface area contributed by atoms with Crippen molar-refractivity contribution in [3.05, 3.63) is 59.4 Å². The van der Waals surface area contributed by atoms with Gasteiger partial charge in [0.15, 0.2) is 6.61 Å². The zero-order chi connectivity index (χ0) is 28.1. The topological polar surface area (TPSA) is 108 Å². The van der Waals surface area contributed by atoms with E-state index in [9.17, 15) is 19.2 Å². The van der Waals surface area contributed by atoms with Gasteiger partial charge in [-0.15, -0.1) is 0 Å². The Morgan fingerprint density at radius 1 is 1.08 bits per heavy atom. The Labute approximate surface area is 226 Å². The Morgan fingerprint density at radius 3 is 2.38 bits per heavy atom. The predicted octanol–water partition coefficient (Wildman–Crippen LogP) is 1.93. The number of cyclic esters (lactones) is 1. The average Bonchev–Trinajstić information content (AvgIpc) is 3.30. The van der Waals surface area contributed by atoms with Crippen LogP contribution in [0.25, 0.3) is 0 Å². The first-order valence-corrected chi connectivity index (χ1v) is 12.8. The van der Waals surface area contributed by atoms with Gasteiger partial charge in [0.1, 0.15) is 11.9 Å². The van der Waals surface area contributed by atoms with Crippen LogP contribution in [-0.4, -0.2) is 88.2 Å². The summed E-state index contributed by atoms with van der Waals surface area (Å²) in [5, 5.41) is 2.63. The van der Waals surface area contributed by atoms with Gasteiger partial charge in [-0.05, 0) is 42.0 Å². The third-order valence-electron chi connectivity index (χ3n) is 6.94. The number of nitrogens with one attached hydrogen (secondary N) is 1. The number of hydrogen-bond acceptors (Lipinski definition) is 8. The molecule has 1 unspecified atom stereocenters. The largest absolute Gasteiger partial charge is 0.460 e. The van der Waals surface area contributed by atoms with E-state index in [1.54, 1.807) is 41.3 Å². The molecule has 0 aromatic heterocycles. The van der Waals surface area contributed by atoms with Crippen molar-refractivity contribution in [3.8, 4) is 0 Å². The number of amides is 2. The first-order valence-electron chi connectivity index (χ1n) is 12.8. The molecule has 2 heterocycles. The lowest BCUT2D eigenvalue weighted by molar-refractivity contribution is -0.142. The molecule has 0 aliphatic carbocycles. The average molecular weight is 541 g/mol. The second-order valence-corrected chi connectivity index (χ2v) is 9.88. The van der Waals surface area contributed by atoms with E-state index >= 15 is 4.39 Å². The minimum Gasteiger partial charge on any atom is -0.460 e. The van der Waals surface area contributed by atoms with Crippen LogP contribution in [0.15, 0.2) is 42.5 Å². The highest BCUT2D eigenvalue weighted by atomic mass is 19.1. The van der Waals surface area contributed by atoms with Gasteiger partial charge in [0.25, 0.3) is 5.91 Å². The van der Waals surface area contributed by atoms with E-state index < -0.39 is 29.8 Å². The van der Waals surface area contributed by atoms with Crippen LogP contribution < -0.4 is 15.1 Å². The van der Waals surface area contributed by atoms with E-state index in [0.717, 1.165) is 5.69 Å². The van der Waals surface area contributed by atoms with E-state index in [2.05, 4.69) is 5.32 Å². The molecule has 2 atom stereocenters. The van der Waals surface area contributed by atoms with Crippen molar-refractivity contribution >= 4 is 35.1 Å². The Kier molecular flexibility index (Phi) is 8.68. The zero-order valence-corrected chi connectivity index (χ0v) is 22.3. The SMILES string of the molecule is CC(=O)NCC1C[C@H](c2ccc(N3CCN(C(=O)COC(=O)c4ccc(N(C)C)cc4)CC3)c(F)c2)C(=O)O1. The van der Waals surface area contributed by atoms with E-state index in [1.807, 2.05) is 23.9 Å². The number of rotatable bonds is 8. The molecule has 2 aromatic carbocycles. The summed E-state index contributed by atoms with van der Waals surface area (Å²) in [6.45, 7) is 2.78. The first-order chi connectivity index (χ1) is 18.6. The maximum atomic E-state index is 15.1. The molecule has 2 aliphatic heterocycles. The quantitative estimate of drug-likeness (QED) is 0.506. The highest BCUT2D eigenvalue weighted by Gasteiger charge is 2.36. The number of anilines is 2. The molecule has 2 amide bonds. The summed E-state index contributed by atoms with van der Waals surface area (Å²) >= 11 is 0. The summed E-state index contributed by atoms with van der Waals surface area (Å²) in [7, 11) is 3.80. The number of piperazine rings is 1. The van der Waals surface area contributed by atoms with Gasteiger partial charge in [0.05, 0.1) is 23.7 Å². The van der Waals surface area contributed by atoms with Crippen molar-refractivity contribution in [3.63, 3.8) is 0 Å². The molecule has 39 heavy (non-hydrogen) atoms. The number of nitrogens with zero attached hydrogens (tertiary/aromatic N) is 3. The van der Waals surface area contributed by atoms with Gasteiger partial charge in [0.2, 0.25) is 5.91 Å². The first kappa shape index (κ1) is 27.9. The number of carbonyl (C=O) groups excluding carboxylic acids is 4. The summed E-state index contributed by atoms with van der Waals surface area (Å²) in [5.41, 5.74) is 2.23. The fourth-order valence-electron chi connectivity index (χ4n) is 4.70. The van der Waals surface area contributed by atoms with Crippen LogP contribution in [0.3, 0.4) is 0 Å². The van der Waals surface area contributed by atoms with Crippen LogP contribution in [0.1, 0.15) is 35.2 Å². The van der Waals surface area contributed by atoms with E-state index in [0.29, 0.717) is 49.4 Å². The van der Waals surface area contributed by atoms with Crippen LogP contribution in [0, 0.1) is 5.82 Å². The van der Waals surface area contributed by atoms with Crippen LogP contribution >= 0.6 is 0 Å². The summed E-state index contributed by atoms with van der Waals surface area (Å²) in [5.74, 6) is -2.57. The molecule has 2 fully saturated rings. The Hall–Kier alpha value is -4.15. The molecule has 2 saturated heterocycles. The van der Waals surface area contributed by atoms with Gasteiger partial charge < -0.3 is 29.5 Å². The molecule has 0 radical (unpaired) electrons. The van der Waals surface area contributed by atoms with E-state index in [1.165, 1.54) is 13.0 Å².